The average molecular weight is 267 g/mol. The molecule has 0 saturated carbocycles. The zero-order valence-electron chi connectivity index (χ0n) is 11.7. The van der Waals surface area contributed by atoms with E-state index in [0.29, 0.717) is 5.92 Å². The Labute approximate surface area is 120 Å². The first-order chi connectivity index (χ1) is 9.83. The molecule has 0 amide bonds. The minimum Gasteiger partial charge on any atom is -0.388 e. The van der Waals surface area contributed by atoms with E-state index >= 15 is 0 Å². The van der Waals surface area contributed by atoms with Crippen LogP contribution in [0.2, 0.25) is 0 Å². The van der Waals surface area contributed by atoms with Crippen LogP contribution in [-0.4, -0.2) is 23.1 Å². The van der Waals surface area contributed by atoms with Crippen LogP contribution >= 0.6 is 0 Å². The molecule has 0 aromatic heterocycles. The number of benzene rings is 2. The summed E-state index contributed by atoms with van der Waals surface area (Å²) in [6.45, 7) is 3.03. The summed E-state index contributed by atoms with van der Waals surface area (Å²) >= 11 is 0. The van der Waals surface area contributed by atoms with E-state index in [0.717, 1.165) is 31.6 Å². The van der Waals surface area contributed by atoms with Crippen molar-refractivity contribution < 1.29 is 5.11 Å². The van der Waals surface area contributed by atoms with Gasteiger partial charge in [0.05, 0.1) is 6.10 Å². The Morgan fingerprint density at radius 2 is 1.65 bits per heavy atom. The van der Waals surface area contributed by atoms with Crippen LogP contribution in [0.15, 0.2) is 60.7 Å². The highest BCUT2D eigenvalue weighted by atomic mass is 16.3. The highest BCUT2D eigenvalue weighted by molar-refractivity contribution is 5.19. The van der Waals surface area contributed by atoms with Gasteiger partial charge >= 0.3 is 0 Å². The van der Waals surface area contributed by atoms with Gasteiger partial charge in [-0.1, -0.05) is 60.7 Å². The minimum atomic E-state index is -0.336. The molecule has 0 radical (unpaired) electrons. The van der Waals surface area contributed by atoms with Crippen LogP contribution in [0.1, 0.15) is 23.7 Å². The van der Waals surface area contributed by atoms with Crippen molar-refractivity contribution in [2.75, 3.05) is 13.1 Å². The summed E-state index contributed by atoms with van der Waals surface area (Å²) in [6, 6.07) is 20.6. The quantitative estimate of drug-likeness (QED) is 0.919. The molecule has 2 aromatic rings. The van der Waals surface area contributed by atoms with Gasteiger partial charge < -0.3 is 5.11 Å². The first kappa shape index (κ1) is 13.3. The number of likely N-dealkylation sites (tertiary alicyclic amines) is 1. The molecule has 3 rings (SSSR count). The summed E-state index contributed by atoms with van der Waals surface area (Å²) in [4.78, 5) is 2.44. The molecule has 1 fully saturated rings. The van der Waals surface area contributed by atoms with Crippen LogP contribution in [-0.2, 0) is 6.54 Å². The average Bonchev–Trinajstić information content (AvgIpc) is 2.97. The van der Waals surface area contributed by atoms with E-state index in [1.807, 2.05) is 30.3 Å². The summed E-state index contributed by atoms with van der Waals surface area (Å²) in [5, 5.41) is 10.5. The van der Waals surface area contributed by atoms with Crippen molar-refractivity contribution in [3.63, 3.8) is 0 Å². The molecule has 2 nitrogen and oxygen atoms in total. The van der Waals surface area contributed by atoms with E-state index in [9.17, 15) is 5.11 Å². The van der Waals surface area contributed by atoms with Crippen molar-refractivity contribution in [1.82, 2.24) is 4.90 Å². The third-order valence-corrected chi connectivity index (χ3v) is 4.15. The maximum Gasteiger partial charge on any atom is 0.0830 e. The Bertz CT molecular complexity index is 526. The molecule has 1 aliphatic rings. The van der Waals surface area contributed by atoms with E-state index in [-0.39, 0.29) is 6.10 Å². The lowest BCUT2D eigenvalue weighted by molar-refractivity contribution is 0.110. The zero-order chi connectivity index (χ0) is 13.8. The summed E-state index contributed by atoms with van der Waals surface area (Å²) in [7, 11) is 0. The van der Waals surface area contributed by atoms with Crippen molar-refractivity contribution in [2.24, 2.45) is 5.92 Å². The molecule has 2 heteroatoms. The second-order valence-electron chi connectivity index (χ2n) is 5.62. The number of hydrogen-bond acceptors (Lipinski definition) is 2. The number of hydrogen-bond donors (Lipinski definition) is 1. The Morgan fingerprint density at radius 3 is 2.35 bits per heavy atom. The summed E-state index contributed by atoms with van der Waals surface area (Å²) in [5.41, 5.74) is 2.39. The van der Waals surface area contributed by atoms with Crippen LogP contribution in [0.3, 0.4) is 0 Å². The molecule has 104 valence electrons. The Balaban J connectivity index is 1.59. The summed E-state index contributed by atoms with van der Waals surface area (Å²) in [5.74, 6) is 0.348. The summed E-state index contributed by atoms with van der Waals surface area (Å²) in [6.07, 6.45) is 0.736. The van der Waals surface area contributed by atoms with Gasteiger partial charge in [-0.3, -0.25) is 4.90 Å². The third-order valence-electron chi connectivity index (χ3n) is 4.15. The van der Waals surface area contributed by atoms with Gasteiger partial charge in [-0.2, -0.15) is 0 Å². The molecular formula is C18H21NO. The molecule has 0 unspecified atom stereocenters. The zero-order valence-corrected chi connectivity index (χ0v) is 11.7. The number of aliphatic hydroxyl groups excluding tert-OH is 1. The van der Waals surface area contributed by atoms with Crippen molar-refractivity contribution in [2.45, 2.75) is 19.1 Å². The fourth-order valence-corrected chi connectivity index (χ4v) is 3.03. The van der Waals surface area contributed by atoms with Gasteiger partial charge in [0.2, 0.25) is 0 Å². The first-order valence-corrected chi connectivity index (χ1v) is 7.32. The highest BCUT2D eigenvalue weighted by Crippen LogP contribution is 2.30. The Morgan fingerprint density at radius 1 is 1.00 bits per heavy atom. The lowest BCUT2D eigenvalue weighted by atomic mass is 9.95. The molecule has 1 N–H and O–H groups in total. The van der Waals surface area contributed by atoms with E-state index < -0.39 is 0 Å². The standard InChI is InChI=1S/C18H21NO/c20-18(16-9-5-2-6-10-16)17-11-12-19(14-17)13-15-7-3-1-4-8-15/h1-10,17-18,20H,11-14H2/t17-,18+/m1/s1. The van der Waals surface area contributed by atoms with Crippen molar-refractivity contribution >= 4 is 0 Å². The highest BCUT2D eigenvalue weighted by Gasteiger charge is 2.28. The predicted octanol–water partition coefficient (Wildman–Crippen LogP) is 3.24. The molecule has 1 saturated heterocycles. The second-order valence-corrected chi connectivity index (χ2v) is 5.62. The van der Waals surface area contributed by atoms with Gasteiger partial charge in [0, 0.05) is 19.0 Å². The summed E-state index contributed by atoms with van der Waals surface area (Å²) < 4.78 is 0. The molecule has 2 aromatic carbocycles. The van der Waals surface area contributed by atoms with Crippen LogP contribution in [0.5, 0.6) is 0 Å². The van der Waals surface area contributed by atoms with Gasteiger partial charge in [0.1, 0.15) is 0 Å². The van der Waals surface area contributed by atoms with Crippen molar-refractivity contribution in [1.29, 1.82) is 0 Å². The molecule has 1 aliphatic heterocycles. The predicted molar refractivity (Wildman–Crippen MR) is 81.2 cm³/mol. The van der Waals surface area contributed by atoms with Crippen LogP contribution in [0.4, 0.5) is 0 Å². The first-order valence-electron chi connectivity index (χ1n) is 7.32. The maximum atomic E-state index is 10.5. The van der Waals surface area contributed by atoms with E-state index in [2.05, 4.69) is 35.2 Å². The monoisotopic (exact) mass is 267 g/mol. The molecule has 2 atom stereocenters. The number of aliphatic hydroxyl groups is 1. The largest absolute Gasteiger partial charge is 0.388 e. The van der Waals surface area contributed by atoms with E-state index in [1.54, 1.807) is 0 Å². The van der Waals surface area contributed by atoms with Crippen LogP contribution in [0.25, 0.3) is 0 Å². The van der Waals surface area contributed by atoms with Gasteiger partial charge in [-0.25, -0.2) is 0 Å². The fourth-order valence-electron chi connectivity index (χ4n) is 3.03. The third kappa shape index (κ3) is 3.09. The molecule has 1 heterocycles. The molecule has 20 heavy (non-hydrogen) atoms. The Hall–Kier alpha value is -1.64. The Kier molecular flexibility index (Phi) is 4.14. The number of rotatable bonds is 4. The molecular weight excluding hydrogens is 246 g/mol. The lowest BCUT2D eigenvalue weighted by Gasteiger charge is -2.20. The topological polar surface area (TPSA) is 23.5 Å². The van der Waals surface area contributed by atoms with E-state index in [1.165, 1.54) is 5.56 Å². The normalized spacial score (nSPS) is 20.9. The lowest BCUT2D eigenvalue weighted by Crippen LogP contribution is -2.22. The number of nitrogens with zero attached hydrogens (tertiary/aromatic N) is 1. The minimum absolute atomic E-state index is 0.336. The van der Waals surface area contributed by atoms with Gasteiger partial charge in [0.15, 0.2) is 0 Å². The van der Waals surface area contributed by atoms with Crippen molar-refractivity contribution in [3.05, 3.63) is 71.8 Å². The maximum absolute atomic E-state index is 10.5. The molecule has 0 bridgehead atoms. The van der Waals surface area contributed by atoms with Crippen molar-refractivity contribution in [3.8, 4) is 0 Å². The van der Waals surface area contributed by atoms with Crippen LogP contribution < -0.4 is 0 Å². The van der Waals surface area contributed by atoms with Gasteiger partial charge in [-0.15, -0.1) is 0 Å². The van der Waals surface area contributed by atoms with Gasteiger partial charge in [-0.05, 0) is 24.1 Å². The SMILES string of the molecule is O[C@@H](c1ccccc1)[C@@H]1CCN(Cc2ccccc2)C1. The second kappa shape index (κ2) is 6.21. The molecule has 0 spiro atoms. The van der Waals surface area contributed by atoms with E-state index in [4.69, 9.17) is 0 Å². The van der Waals surface area contributed by atoms with Gasteiger partial charge in [0.25, 0.3) is 0 Å². The fraction of sp³-hybridized carbons (Fsp3) is 0.333. The smallest absolute Gasteiger partial charge is 0.0830 e. The molecule has 0 aliphatic carbocycles. The van der Waals surface area contributed by atoms with Crippen LogP contribution in [0, 0.1) is 5.92 Å².